The molecule has 1 aliphatic rings. The predicted molar refractivity (Wildman–Crippen MR) is 70.0 cm³/mol. The number of Topliss-reactive ketones (excluding diaryl/α,β-unsaturated/α-hetero) is 1. The van der Waals surface area contributed by atoms with Gasteiger partial charge in [0.15, 0.2) is 5.78 Å². The molecule has 2 nitrogen and oxygen atoms in total. The Hall–Kier alpha value is -1.83. The molecule has 2 heteroatoms. The molecule has 0 amide bonds. The van der Waals surface area contributed by atoms with Crippen molar-refractivity contribution in [1.29, 1.82) is 0 Å². The number of allylic oxidation sites excluding steroid dienone is 2. The van der Waals surface area contributed by atoms with Crippen molar-refractivity contribution in [3.8, 4) is 0 Å². The lowest BCUT2D eigenvalue weighted by atomic mass is 10.1. The molecule has 1 aromatic rings. The molecule has 0 bridgehead atoms. The van der Waals surface area contributed by atoms with E-state index >= 15 is 0 Å². The van der Waals surface area contributed by atoms with E-state index in [4.69, 9.17) is 0 Å². The summed E-state index contributed by atoms with van der Waals surface area (Å²) in [5.41, 5.74) is 1.96. The average Bonchev–Trinajstić information content (AvgIpc) is 2.33. The quantitative estimate of drug-likeness (QED) is 0.740. The van der Waals surface area contributed by atoms with Gasteiger partial charge in [-0.05, 0) is 19.9 Å². The fraction of sp³-hybridized carbons (Fsp3) is 0.267. The van der Waals surface area contributed by atoms with Crippen LogP contribution in [0.3, 0.4) is 0 Å². The van der Waals surface area contributed by atoms with Crippen LogP contribution in [0.15, 0.2) is 48.7 Å². The van der Waals surface area contributed by atoms with E-state index in [9.17, 15) is 4.79 Å². The lowest BCUT2D eigenvalue weighted by molar-refractivity contribution is 0.0947. The van der Waals surface area contributed by atoms with E-state index in [1.165, 1.54) is 5.56 Å². The number of carbonyl (C=O) groups excluding carboxylic acids is 1. The molecule has 0 aliphatic carbocycles. The molecule has 1 aromatic carbocycles. The lowest BCUT2D eigenvalue weighted by Crippen LogP contribution is -2.32. The molecular weight excluding hydrogens is 210 g/mol. The molecule has 1 heterocycles. The number of hydrogen-bond donors (Lipinski definition) is 0. The third-order valence-corrected chi connectivity index (χ3v) is 3.00. The maximum Gasteiger partial charge on any atom is 0.182 e. The van der Waals surface area contributed by atoms with Gasteiger partial charge in [0.1, 0.15) is 0 Å². The molecule has 17 heavy (non-hydrogen) atoms. The molecule has 1 unspecified atom stereocenters. The van der Waals surface area contributed by atoms with E-state index in [0.717, 1.165) is 5.56 Å². The molecule has 88 valence electrons. The average molecular weight is 227 g/mol. The van der Waals surface area contributed by atoms with Crippen molar-refractivity contribution in [3.05, 3.63) is 59.8 Å². The number of ketones is 1. The number of benzene rings is 1. The van der Waals surface area contributed by atoms with Crippen molar-refractivity contribution >= 4 is 5.78 Å². The number of aryl methyl sites for hydroxylation is 1. The topological polar surface area (TPSA) is 20.3 Å². The van der Waals surface area contributed by atoms with Crippen LogP contribution in [0, 0.1) is 6.92 Å². The molecule has 0 saturated heterocycles. The zero-order valence-corrected chi connectivity index (χ0v) is 10.3. The van der Waals surface area contributed by atoms with Gasteiger partial charge in [0.2, 0.25) is 0 Å². The minimum absolute atomic E-state index is 0.164. The summed E-state index contributed by atoms with van der Waals surface area (Å²) in [6, 6.07) is 8.03. The van der Waals surface area contributed by atoms with Crippen molar-refractivity contribution in [1.82, 2.24) is 4.90 Å². The molecule has 1 atom stereocenters. The maximum atomic E-state index is 12.1. The van der Waals surface area contributed by atoms with Gasteiger partial charge in [-0.15, -0.1) is 0 Å². The van der Waals surface area contributed by atoms with E-state index in [0.29, 0.717) is 6.54 Å². The summed E-state index contributed by atoms with van der Waals surface area (Å²) < 4.78 is 0. The standard InChI is InChI=1S/C15H17NO/c1-12-6-8-14(9-7-12)15(17)11-16-10-4-3-5-13(16)2/h3-10,13H,11H2,1-2H3. The number of hydrogen-bond acceptors (Lipinski definition) is 2. The number of rotatable bonds is 3. The SMILES string of the molecule is Cc1ccc(C(=O)CN2C=CC=CC2C)cc1. The maximum absolute atomic E-state index is 12.1. The van der Waals surface area contributed by atoms with E-state index in [2.05, 4.69) is 13.0 Å². The summed E-state index contributed by atoms with van der Waals surface area (Å²) in [7, 11) is 0. The Bertz CT molecular complexity index is 456. The molecule has 0 radical (unpaired) electrons. The van der Waals surface area contributed by atoms with Crippen LogP contribution in [-0.4, -0.2) is 23.3 Å². The van der Waals surface area contributed by atoms with Crippen molar-refractivity contribution < 1.29 is 4.79 Å². The number of carbonyl (C=O) groups is 1. The van der Waals surface area contributed by atoms with Crippen molar-refractivity contribution in [3.63, 3.8) is 0 Å². The minimum atomic E-state index is 0.164. The number of nitrogens with zero attached hydrogens (tertiary/aromatic N) is 1. The Morgan fingerprint density at radius 2 is 1.94 bits per heavy atom. The first kappa shape index (κ1) is 11.6. The normalized spacial score (nSPS) is 18.5. The first-order valence-electron chi connectivity index (χ1n) is 5.87. The van der Waals surface area contributed by atoms with Crippen LogP contribution in [0.25, 0.3) is 0 Å². The van der Waals surface area contributed by atoms with Crippen molar-refractivity contribution in [2.24, 2.45) is 0 Å². The first-order chi connectivity index (χ1) is 8.16. The van der Waals surface area contributed by atoms with Crippen LogP contribution in [0.1, 0.15) is 22.8 Å². The van der Waals surface area contributed by atoms with Gasteiger partial charge in [-0.25, -0.2) is 0 Å². The summed E-state index contributed by atoms with van der Waals surface area (Å²) in [4.78, 5) is 14.1. The molecule has 0 aromatic heterocycles. The van der Waals surface area contributed by atoms with Gasteiger partial charge in [0, 0.05) is 17.8 Å². The Morgan fingerprint density at radius 3 is 2.59 bits per heavy atom. The van der Waals surface area contributed by atoms with Crippen LogP contribution in [0.4, 0.5) is 0 Å². The van der Waals surface area contributed by atoms with Crippen LogP contribution in [0.2, 0.25) is 0 Å². The fourth-order valence-corrected chi connectivity index (χ4v) is 1.82. The predicted octanol–water partition coefficient (Wildman–Crippen LogP) is 2.95. The van der Waals surface area contributed by atoms with Gasteiger partial charge >= 0.3 is 0 Å². The summed E-state index contributed by atoms with van der Waals surface area (Å²) in [5.74, 6) is 0.164. The molecular formula is C15H17NO. The van der Waals surface area contributed by atoms with Crippen LogP contribution in [0.5, 0.6) is 0 Å². The Balaban J connectivity index is 2.04. The Morgan fingerprint density at radius 1 is 1.24 bits per heavy atom. The monoisotopic (exact) mass is 227 g/mol. The molecule has 0 N–H and O–H groups in total. The second-order valence-corrected chi connectivity index (χ2v) is 4.43. The van der Waals surface area contributed by atoms with E-state index in [1.807, 2.05) is 54.4 Å². The lowest BCUT2D eigenvalue weighted by Gasteiger charge is -2.26. The molecule has 0 spiro atoms. The highest BCUT2D eigenvalue weighted by atomic mass is 16.1. The summed E-state index contributed by atoms with van der Waals surface area (Å²) in [6.07, 6.45) is 8.03. The van der Waals surface area contributed by atoms with Crippen LogP contribution >= 0.6 is 0 Å². The molecule has 0 saturated carbocycles. The van der Waals surface area contributed by atoms with Crippen LogP contribution < -0.4 is 0 Å². The molecule has 2 rings (SSSR count). The summed E-state index contributed by atoms with van der Waals surface area (Å²) >= 11 is 0. The zero-order chi connectivity index (χ0) is 12.3. The second kappa shape index (κ2) is 5.00. The highest BCUT2D eigenvalue weighted by Crippen LogP contribution is 2.10. The second-order valence-electron chi connectivity index (χ2n) is 4.43. The summed E-state index contributed by atoms with van der Waals surface area (Å²) in [6.45, 7) is 4.54. The van der Waals surface area contributed by atoms with E-state index < -0.39 is 0 Å². The molecule has 0 fully saturated rings. The van der Waals surface area contributed by atoms with Gasteiger partial charge < -0.3 is 4.90 Å². The zero-order valence-electron chi connectivity index (χ0n) is 10.3. The Labute approximate surface area is 102 Å². The fourth-order valence-electron chi connectivity index (χ4n) is 1.82. The minimum Gasteiger partial charge on any atom is -0.364 e. The smallest absolute Gasteiger partial charge is 0.182 e. The van der Waals surface area contributed by atoms with Gasteiger partial charge in [0.25, 0.3) is 0 Å². The third-order valence-electron chi connectivity index (χ3n) is 3.00. The van der Waals surface area contributed by atoms with Gasteiger partial charge in [-0.3, -0.25) is 4.79 Å². The van der Waals surface area contributed by atoms with Crippen molar-refractivity contribution in [2.45, 2.75) is 19.9 Å². The largest absolute Gasteiger partial charge is 0.364 e. The van der Waals surface area contributed by atoms with Gasteiger partial charge in [0.05, 0.1) is 6.54 Å². The highest BCUT2D eigenvalue weighted by molar-refractivity contribution is 5.97. The van der Waals surface area contributed by atoms with Gasteiger partial charge in [-0.1, -0.05) is 42.0 Å². The molecule has 1 aliphatic heterocycles. The van der Waals surface area contributed by atoms with E-state index in [1.54, 1.807) is 0 Å². The van der Waals surface area contributed by atoms with Crippen LogP contribution in [-0.2, 0) is 0 Å². The Kier molecular flexibility index (Phi) is 3.43. The third kappa shape index (κ3) is 2.84. The van der Waals surface area contributed by atoms with Crippen molar-refractivity contribution in [2.75, 3.05) is 6.54 Å². The first-order valence-corrected chi connectivity index (χ1v) is 5.87. The highest BCUT2D eigenvalue weighted by Gasteiger charge is 2.14. The van der Waals surface area contributed by atoms with Gasteiger partial charge in [-0.2, -0.15) is 0 Å². The summed E-state index contributed by atoms with van der Waals surface area (Å²) in [5, 5.41) is 0. The van der Waals surface area contributed by atoms with E-state index in [-0.39, 0.29) is 11.8 Å².